The van der Waals surface area contributed by atoms with Crippen molar-refractivity contribution in [3.63, 3.8) is 0 Å². The van der Waals surface area contributed by atoms with Gasteiger partial charge in [-0.1, -0.05) is 137 Å². The molecule has 4 aromatic rings. The number of benzene rings is 4. The first-order chi connectivity index (χ1) is 16.3. The molecule has 0 aliphatic carbocycles. The van der Waals surface area contributed by atoms with E-state index in [1.807, 2.05) is 0 Å². The van der Waals surface area contributed by atoms with Crippen molar-refractivity contribution in [2.45, 2.75) is 76.5 Å². The van der Waals surface area contributed by atoms with Crippen LogP contribution in [0.2, 0.25) is 0 Å². The number of rotatable bonds is 12. The Morgan fingerprint density at radius 3 is 1.39 bits per heavy atom. The van der Waals surface area contributed by atoms with Gasteiger partial charge < -0.3 is 0 Å². The molecule has 0 aliphatic rings. The smallest absolute Gasteiger partial charge is 0.00258 e. The van der Waals surface area contributed by atoms with Crippen molar-refractivity contribution >= 4 is 30.1 Å². The van der Waals surface area contributed by atoms with Crippen LogP contribution in [-0.2, 0) is 0 Å². The molecule has 2 unspecified atom stereocenters. The third-order valence-corrected chi connectivity index (χ3v) is 9.00. The van der Waals surface area contributed by atoms with Crippen LogP contribution in [-0.4, -0.2) is 0 Å². The Morgan fingerprint density at radius 2 is 0.939 bits per heavy atom. The molecule has 0 saturated carbocycles. The van der Waals surface area contributed by atoms with E-state index in [0.29, 0.717) is 11.3 Å². The summed E-state index contributed by atoms with van der Waals surface area (Å²) in [6.07, 6.45) is 10.5. The summed E-state index contributed by atoms with van der Waals surface area (Å²) in [4.78, 5) is 0. The summed E-state index contributed by atoms with van der Waals surface area (Å²) in [5.41, 5.74) is 4.41. The summed E-state index contributed by atoms with van der Waals surface area (Å²) in [7, 11) is 0.918. The predicted molar refractivity (Wildman–Crippen MR) is 150 cm³/mol. The van der Waals surface area contributed by atoms with Crippen molar-refractivity contribution in [3.05, 3.63) is 96.1 Å². The van der Waals surface area contributed by atoms with Gasteiger partial charge in [-0.2, -0.15) is 0 Å². The van der Waals surface area contributed by atoms with Crippen molar-refractivity contribution in [2.75, 3.05) is 0 Å². The fourth-order valence-corrected chi connectivity index (χ4v) is 7.30. The molecule has 4 aromatic carbocycles. The van der Waals surface area contributed by atoms with E-state index in [0.717, 1.165) is 8.58 Å². The summed E-state index contributed by atoms with van der Waals surface area (Å²) >= 11 is 0. The van der Waals surface area contributed by atoms with Crippen LogP contribution in [0.15, 0.2) is 84.9 Å². The SMILES string of the molecule is CCCCCC(PC(CCCCC)c1cccc2ccccc12)c1cccc2ccccc12. The van der Waals surface area contributed by atoms with E-state index < -0.39 is 0 Å². The lowest BCUT2D eigenvalue weighted by molar-refractivity contribution is 0.639. The summed E-state index contributed by atoms with van der Waals surface area (Å²) in [6.45, 7) is 4.64. The van der Waals surface area contributed by atoms with Crippen LogP contribution >= 0.6 is 8.58 Å². The van der Waals surface area contributed by atoms with Gasteiger partial charge in [0.05, 0.1) is 0 Å². The third-order valence-electron chi connectivity index (χ3n) is 6.99. The van der Waals surface area contributed by atoms with Gasteiger partial charge in [0.1, 0.15) is 0 Å². The molecule has 0 N–H and O–H groups in total. The van der Waals surface area contributed by atoms with Crippen molar-refractivity contribution in [1.29, 1.82) is 0 Å². The summed E-state index contributed by atoms with van der Waals surface area (Å²) in [5, 5.41) is 5.68. The van der Waals surface area contributed by atoms with E-state index >= 15 is 0 Å². The monoisotopic (exact) mass is 454 g/mol. The molecule has 0 radical (unpaired) electrons. The molecule has 0 aromatic heterocycles. The molecule has 2 atom stereocenters. The second kappa shape index (κ2) is 12.3. The minimum Gasteiger partial charge on any atom is -0.107 e. The average molecular weight is 455 g/mol. The maximum Gasteiger partial charge on any atom is 0.00258 e. The zero-order chi connectivity index (χ0) is 22.9. The van der Waals surface area contributed by atoms with Gasteiger partial charge >= 0.3 is 0 Å². The predicted octanol–water partition coefficient (Wildman–Crippen LogP) is 10.6. The molecule has 0 heterocycles. The van der Waals surface area contributed by atoms with Crippen LogP contribution in [0.4, 0.5) is 0 Å². The topological polar surface area (TPSA) is 0 Å². The molecular weight excluding hydrogens is 415 g/mol. The molecular formula is C32H39P. The van der Waals surface area contributed by atoms with E-state index in [4.69, 9.17) is 0 Å². The molecule has 0 saturated heterocycles. The number of hydrogen-bond donors (Lipinski definition) is 0. The van der Waals surface area contributed by atoms with Gasteiger partial charge in [-0.3, -0.25) is 0 Å². The minimum atomic E-state index is 0.633. The minimum absolute atomic E-state index is 0.633. The highest BCUT2D eigenvalue weighted by Crippen LogP contribution is 2.53. The van der Waals surface area contributed by atoms with Crippen LogP contribution in [0, 0.1) is 0 Å². The zero-order valence-corrected chi connectivity index (χ0v) is 21.4. The zero-order valence-electron chi connectivity index (χ0n) is 20.4. The highest BCUT2D eigenvalue weighted by molar-refractivity contribution is 7.39. The molecule has 0 bridgehead atoms. The van der Waals surface area contributed by atoms with Crippen LogP contribution in [0.5, 0.6) is 0 Å². The average Bonchev–Trinajstić information content (AvgIpc) is 2.87. The molecule has 1 heteroatoms. The molecule has 0 fully saturated rings. The quantitative estimate of drug-likeness (QED) is 0.147. The fourth-order valence-electron chi connectivity index (χ4n) is 5.21. The standard InChI is InChI=1S/C32H39P/c1-3-5-7-23-31(29-21-13-17-25-15-9-11-19-27(25)29)33-32(24-8-6-4-2)30-22-14-18-26-16-10-12-20-28(26)30/h9-22,31-33H,3-8,23-24H2,1-2H3. The van der Waals surface area contributed by atoms with E-state index in [1.54, 1.807) is 11.1 Å². The summed E-state index contributed by atoms with van der Waals surface area (Å²) in [6, 6.07) is 31.9. The summed E-state index contributed by atoms with van der Waals surface area (Å²) in [5.74, 6) is 0. The first-order valence-electron chi connectivity index (χ1n) is 13.0. The van der Waals surface area contributed by atoms with Gasteiger partial charge in [-0.05, 0) is 45.5 Å². The molecule has 172 valence electrons. The highest BCUT2D eigenvalue weighted by Gasteiger charge is 2.22. The Kier molecular flexibility index (Phi) is 8.96. The van der Waals surface area contributed by atoms with Crippen LogP contribution in [0.25, 0.3) is 21.5 Å². The number of hydrogen-bond acceptors (Lipinski definition) is 0. The maximum absolute atomic E-state index is 2.41. The summed E-state index contributed by atoms with van der Waals surface area (Å²) < 4.78 is 0. The van der Waals surface area contributed by atoms with Crippen LogP contribution in [0.1, 0.15) is 87.7 Å². The van der Waals surface area contributed by atoms with Gasteiger partial charge in [-0.15, -0.1) is 8.58 Å². The van der Waals surface area contributed by atoms with Gasteiger partial charge in [-0.25, -0.2) is 0 Å². The van der Waals surface area contributed by atoms with Gasteiger partial charge in [0.2, 0.25) is 0 Å². The van der Waals surface area contributed by atoms with E-state index in [1.165, 1.54) is 72.9 Å². The van der Waals surface area contributed by atoms with Gasteiger partial charge in [0.15, 0.2) is 0 Å². The Balaban J connectivity index is 1.72. The van der Waals surface area contributed by atoms with Crippen LogP contribution < -0.4 is 0 Å². The highest BCUT2D eigenvalue weighted by atomic mass is 31.1. The first kappa shape index (κ1) is 24.0. The van der Waals surface area contributed by atoms with E-state index in [9.17, 15) is 0 Å². The molecule has 0 aliphatic heterocycles. The maximum atomic E-state index is 2.41. The van der Waals surface area contributed by atoms with Crippen molar-refractivity contribution in [3.8, 4) is 0 Å². The van der Waals surface area contributed by atoms with Crippen molar-refractivity contribution < 1.29 is 0 Å². The van der Waals surface area contributed by atoms with Crippen LogP contribution in [0.3, 0.4) is 0 Å². The first-order valence-corrected chi connectivity index (χ1v) is 14.2. The number of fused-ring (bicyclic) bond motifs is 2. The lowest BCUT2D eigenvalue weighted by Crippen LogP contribution is -2.01. The molecule has 0 amide bonds. The largest absolute Gasteiger partial charge is 0.107 e. The van der Waals surface area contributed by atoms with E-state index in [-0.39, 0.29) is 0 Å². The van der Waals surface area contributed by atoms with Crippen molar-refractivity contribution in [1.82, 2.24) is 0 Å². The fraction of sp³-hybridized carbons (Fsp3) is 0.375. The third kappa shape index (κ3) is 6.04. The molecule has 0 spiro atoms. The number of unbranched alkanes of at least 4 members (excludes halogenated alkanes) is 4. The van der Waals surface area contributed by atoms with Gasteiger partial charge in [0.25, 0.3) is 0 Å². The molecule has 4 rings (SSSR count). The Bertz CT molecular complexity index is 1040. The Labute approximate surface area is 202 Å². The lowest BCUT2D eigenvalue weighted by atomic mass is 9.98. The van der Waals surface area contributed by atoms with Crippen molar-refractivity contribution in [2.24, 2.45) is 0 Å². The molecule has 0 nitrogen and oxygen atoms in total. The van der Waals surface area contributed by atoms with Gasteiger partial charge in [0, 0.05) is 11.3 Å². The van der Waals surface area contributed by atoms with E-state index in [2.05, 4.69) is 98.8 Å². The second-order valence-electron chi connectivity index (χ2n) is 9.40. The molecule has 33 heavy (non-hydrogen) atoms. The normalized spacial score (nSPS) is 13.8. The lowest BCUT2D eigenvalue weighted by Gasteiger charge is -2.27. The Hall–Kier alpha value is -2.17. The second-order valence-corrected chi connectivity index (χ2v) is 11.1. The Morgan fingerprint density at radius 1 is 0.515 bits per heavy atom.